The monoisotopic (exact) mass is 423 g/mol. The Balaban J connectivity index is 0. The molecule has 1 aromatic carbocycles. The minimum atomic E-state index is 0. The summed E-state index contributed by atoms with van der Waals surface area (Å²) in [5.41, 5.74) is 0.679. The first-order valence-corrected chi connectivity index (χ1v) is 5.77. The second-order valence-corrected chi connectivity index (χ2v) is 4.91. The number of pyridine rings is 1. The summed E-state index contributed by atoms with van der Waals surface area (Å²) in [4.78, 5) is 4.14. The van der Waals surface area contributed by atoms with E-state index >= 15 is 0 Å². The summed E-state index contributed by atoms with van der Waals surface area (Å²) in [7, 11) is 0. The molecule has 1 heterocycles. The SMILES string of the molecule is Oc1c(I)cc(I)c2cccnc12.[H-].[H-].[Mg+2]. The molecule has 0 spiro atoms. The third-order valence-electron chi connectivity index (χ3n) is 1.77. The number of fused-ring (bicyclic) bond motifs is 1. The van der Waals surface area contributed by atoms with Gasteiger partial charge in [0.25, 0.3) is 0 Å². The van der Waals surface area contributed by atoms with Crippen LogP contribution in [0.25, 0.3) is 10.9 Å². The van der Waals surface area contributed by atoms with Crippen molar-refractivity contribution in [2.45, 2.75) is 0 Å². The predicted octanol–water partition coefficient (Wildman–Crippen LogP) is 2.99. The van der Waals surface area contributed by atoms with Crippen molar-refractivity contribution in [2.75, 3.05) is 0 Å². The molecular weight excluding hydrogens is 416 g/mol. The molecule has 5 heteroatoms. The van der Waals surface area contributed by atoms with Crippen molar-refractivity contribution in [1.29, 1.82) is 0 Å². The molecule has 1 N–H and O–H groups in total. The molecule has 2 aromatic rings. The first-order valence-electron chi connectivity index (χ1n) is 3.62. The molecule has 0 bridgehead atoms. The van der Waals surface area contributed by atoms with Crippen molar-refractivity contribution in [2.24, 2.45) is 0 Å². The fourth-order valence-corrected chi connectivity index (χ4v) is 3.07. The Hall–Kier alpha value is 0.656. The van der Waals surface area contributed by atoms with Gasteiger partial charge in [-0.3, -0.25) is 4.98 Å². The molecule has 0 radical (unpaired) electrons. The van der Waals surface area contributed by atoms with Crippen LogP contribution in [0.3, 0.4) is 0 Å². The van der Waals surface area contributed by atoms with Crippen LogP contribution in [0.2, 0.25) is 0 Å². The average molecular weight is 423 g/mol. The maximum Gasteiger partial charge on any atom is 2.00 e. The van der Waals surface area contributed by atoms with Gasteiger partial charge >= 0.3 is 23.1 Å². The molecule has 2 nitrogen and oxygen atoms in total. The number of hydrogen-bond acceptors (Lipinski definition) is 2. The van der Waals surface area contributed by atoms with Crippen molar-refractivity contribution in [3.63, 3.8) is 0 Å². The van der Waals surface area contributed by atoms with Crippen LogP contribution in [-0.4, -0.2) is 33.1 Å². The number of phenolic OH excluding ortho intramolecular Hbond substituents is 1. The fourth-order valence-electron chi connectivity index (χ4n) is 1.16. The molecular formula is C9H7I2MgNO. The van der Waals surface area contributed by atoms with Gasteiger partial charge in [-0.15, -0.1) is 0 Å². The number of hydrogen-bond donors (Lipinski definition) is 1. The molecule has 0 aliphatic heterocycles. The van der Waals surface area contributed by atoms with Crippen LogP contribution in [0.1, 0.15) is 2.85 Å². The molecule has 2 rings (SSSR count). The normalized spacial score (nSPS) is 9.86. The number of phenols is 1. The smallest absolute Gasteiger partial charge is 1.00 e. The first kappa shape index (κ1) is 12.7. The van der Waals surface area contributed by atoms with Gasteiger partial charge in [0, 0.05) is 15.2 Å². The van der Waals surface area contributed by atoms with Crippen molar-refractivity contribution in [1.82, 2.24) is 4.98 Å². The van der Waals surface area contributed by atoms with Crippen molar-refractivity contribution < 1.29 is 7.96 Å². The van der Waals surface area contributed by atoms with Gasteiger partial charge in [-0.1, -0.05) is 6.07 Å². The number of halogens is 2. The fraction of sp³-hybridized carbons (Fsp3) is 0. The molecule has 70 valence electrons. The largest absolute Gasteiger partial charge is 2.00 e. The second-order valence-electron chi connectivity index (χ2n) is 2.59. The number of rotatable bonds is 0. The minimum Gasteiger partial charge on any atom is -1.00 e. The summed E-state index contributed by atoms with van der Waals surface area (Å²) in [6.45, 7) is 0. The van der Waals surface area contributed by atoms with Gasteiger partial charge in [0.05, 0.1) is 3.57 Å². The van der Waals surface area contributed by atoms with Gasteiger partial charge in [-0.05, 0) is 57.3 Å². The average Bonchev–Trinajstić information content (AvgIpc) is 2.15. The standard InChI is InChI=1S/C9H5I2NO.Mg.2H/c10-6-4-7(11)9(13)8-5(6)2-1-3-12-8;;;/h1-4,13H;;;/q;+2;2*-1. The molecule has 0 unspecified atom stereocenters. The topological polar surface area (TPSA) is 33.1 Å². The van der Waals surface area contributed by atoms with Crippen LogP contribution in [0.15, 0.2) is 24.4 Å². The Kier molecular flexibility index (Phi) is 4.66. The van der Waals surface area contributed by atoms with Gasteiger partial charge < -0.3 is 7.96 Å². The van der Waals surface area contributed by atoms with Crippen LogP contribution in [0.5, 0.6) is 5.75 Å². The predicted molar refractivity (Wildman–Crippen MR) is 76.8 cm³/mol. The molecule has 0 atom stereocenters. The molecule has 0 aliphatic carbocycles. The van der Waals surface area contributed by atoms with E-state index in [0.29, 0.717) is 5.52 Å². The molecule has 0 aliphatic rings. The van der Waals surface area contributed by atoms with Crippen LogP contribution in [0.4, 0.5) is 0 Å². The van der Waals surface area contributed by atoms with E-state index in [4.69, 9.17) is 0 Å². The van der Waals surface area contributed by atoms with E-state index in [1.165, 1.54) is 0 Å². The Morgan fingerprint density at radius 3 is 2.71 bits per heavy atom. The van der Waals surface area contributed by atoms with E-state index in [0.717, 1.165) is 12.5 Å². The zero-order chi connectivity index (χ0) is 9.42. The van der Waals surface area contributed by atoms with Crippen molar-refractivity contribution in [3.05, 3.63) is 31.5 Å². The van der Waals surface area contributed by atoms with Crippen LogP contribution in [0, 0.1) is 7.14 Å². The summed E-state index contributed by atoms with van der Waals surface area (Å²) < 4.78 is 1.95. The van der Waals surface area contributed by atoms with Gasteiger partial charge in [0.2, 0.25) is 0 Å². The molecule has 14 heavy (non-hydrogen) atoms. The summed E-state index contributed by atoms with van der Waals surface area (Å²) >= 11 is 4.35. The van der Waals surface area contributed by atoms with Crippen LogP contribution < -0.4 is 0 Å². The summed E-state index contributed by atoms with van der Waals surface area (Å²) in [6.07, 6.45) is 1.69. The zero-order valence-corrected chi connectivity index (χ0v) is 12.9. The number of aromatic hydroxyl groups is 1. The molecule has 0 saturated carbocycles. The Labute approximate surface area is 128 Å². The van der Waals surface area contributed by atoms with Crippen LogP contribution >= 0.6 is 45.2 Å². The van der Waals surface area contributed by atoms with Crippen LogP contribution in [-0.2, 0) is 0 Å². The van der Waals surface area contributed by atoms with E-state index in [9.17, 15) is 5.11 Å². The third-order valence-corrected chi connectivity index (χ3v) is 3.48. The number of nitrogens with zero attached hydrogens (tertiary/aromatic N) is 1. The maximum atomic E-state index is 9.71. The molecule has 1 aromatic heterocycles. The maximum absolute atomic E-state index is 9.71. The number of benzene rings is 1. The van der Waals surface area contributed by atoms with Gasteiger partial charge in [-0.2, -0.15) is 0 Å². The van der Waals surface area contributed by atoms with Gasteiger partial charge in [0.15, 0.2) is 5.75 Å². The minimum absolute atomic E-state index is 0. The number of aromatic nitrogens is 1. The third kappa shape index (κ3) is 2.25. The van der Waals surface area contributed by atoms with Crippen molar-refractivity contribution >= 4 is 79.1 Å². The summed E-state index contributed by atoms with van der Waals surface area (Å²) in [5, 5.41) is 10.7. The molecule has 0 saturated heterocycles. The summed E-state index contributed by atoms with van der Waals surface area (Å²) in [5.74, 6) is 0.275. The Morgan fingerprint density at radius 2 is 2.00 bits per heavy atom. The Morgan fingerprint density at radius 1 is 1.29 bits per heavy atom. The van der Waals surface area contributed by atoms with E-state index in [2.05, 4.69) is 50.2 Å². The van der Waals surface area contributed by atoms with Gasteiger partial charge in [-0.25, -0.2) is 0 Å². The van der Waals surface area contributed by atoms with E-state index < -0.39 is 0 Å². The molecule has 0 amide bonds. The van der Waals surface area contributed by atoms with Gasteiger partial charge in [0.1, 0.15) is 5.52 Å². The zero-order valence-electron chi connectivity index (χ0n) is 9.17. The van der Waals surface area contributed by atoms with E-state index in [1.54, 1.807) is 6.20 Å². The van der Waals surface area contributed by atoms with Crippen molar-refractivity contribution in [3.8, 4) is 5.75 Å². The Bertz CT molecular complexity index is 484. The second kappa shape index (κ2) is 5.13. The van der Waals surface area contributed by atoms with E-state index in [1.807, 2.05) is 18.2 Å². The first-order chi connectivity index (χ1) is 6.20. The summed E-state index contributed by atoms with van der Waals surface area (Å²) in [6, 6.07) is 5.77. The van der Waals surface area contributed by atoms with E-state index in [-0.39, 0.29) is 31.7 Å². The molecule has 0 fully saturated rings. The quantitative estimate of drug-likeness (QED) is 0.522.